The smallest absolute Gasteiger partial charge is 0.258 e. The van der Waals surface area contributed by atoms with Crippen LogP contribution in [0.25, 0.3) is 10.4 Å². The summed E-state index contributed by atoms with van der Waals surface area (Å²) >= 11 is 1.47. The number of ether oxygens (including phenoxy) is 1. The predicted octanol–water partition coefficient (Wildman–Crippen LogP) is 5.15. The number of β-amino-alcohol motifs (C(OH)–C–C–N with tert-alkyl or cyclic N) is 1. The van der Waals surface area contributed by atoms with Gasteiger partial charge in [0.05, 0.1) is 40.0 Å². The van der Waals surface area contributed by atoms with Crippen molar-refractivity contribution in [2.45, 2.75) is 148 Å². The number of nitrogens with zero attached hydrogens (tertiary/aromatic N) is 9. The second-order valence-corrected chi connectivity index (χ2v) is 30.5. The van der Waals surface area contributed by atoms with E-state index in [1.54, 1.807) is 31.2 Å². The van der Waals surface area contributed by atoms with Crippen LogP contribution in [0.5, 0.6) is 5.75 Å². The molecule has 5 atom stereocenters. The summed E-state index contributed by atoms with van der Waals surface area (Å²) in [7, 11) is 0. The Morgan fingerprint density at radius 3 is 2.20 bits per heavy atom. The van der Waals surface area contributed by atoms with Crippen molar-refractivity contribution in [3.63, 3.8) is 0 Å². The number of aliphatic hydroxyl groups excluding tert-OH is 1. The van der Waals surface area contributed by atoms with Gasteiger partial charge in [-0.05, 0) is 118 Å². The van der Waals surface area contributed by atoms with Gasteiger partial charge in [0.25, 0.3) is 11.8 Å². The molecule has 11 rings (SSSR count). The second-order valence-electron chi connectivity index (χ2n) is 29.6. The topological polar surface area (TPSA) is 262 Å². The molecule has 6 amide bonds. The van der Waals surface area contributed by atoms with E-state index in [2.05, 4.69) is 80.3 Å². The number of nitrogens with one attached hydrogen (secondary N) is 6. The third kappa shape index (κ3) is 17.6. The molecule has 6 saturated heterocycles. The molecule has 7 fully saturated rings. The Bertz CT molecular complexity index is 3450. The first-order valence-corrected chi connectivity index (χ1v) is 35.1. The molecule has 4 aromatic rings. The van der Waals surface area contributed by atoms with Crippen LogP contribution in [-0.4, -0.2) is 216 Å². The molecule has 1 aliphatic carbocycles. The van der Waals surface area contributed by atoms with Crippen molar-refractivity contribution in [3.05, 3.63) is 76.7 Å². The summed E-state index contributed by atoms with van der Waals surface area (Å²) in [6.45, 7) is 21.7. The first-order chi connectivity index (χ1) is 45.8. The fraction of sp³-hybridized carbons (Fsp3) is 0.638. The molecular weight excluding hydrogens is 1260 g/mol. The van der Waals surface area contributed by atoms with Gasteiger partial charge < -0.3 is 66.2 Å². The minimum atomic E-state index is -2.00. The average molecular weight is 1350 g/mol. The van der Waals surface area contributed by atoms with Crippen LogP contribution < -0.4 is 46.4 Å². The number of aryl methyl sites for hydroxylation is 1. The Morgan fingerprint density at radius 1 is 0.792 bits per heavy atom. The Balaban J connectivity index is 0.554. The summed E-state index contributed by atoms with van der Waals surface area (Å²) in [5, 5.41) is 28.8. The highest BCUT2D eigenvalue weighted by Crippen LogP contribution is 2.41. The van der Waals surface area contributed by atoms with E-state index in [-0.39, 0.29) is 74.3 Å². The predicted molar refractivity (Wildman–Crippen MR) is 360 cm³/mol. The van der Waals surface area contributed by atoms with Crippen LogP contribution >= 0.6 is 11.3 Å². The molecule has 96 heavy (non-hydrogen) atoms. The van der Waals surface area contributed by atoms with Crippen molar-refractivity contribution >= 4 is 64.1 Å². The number of rotatable bonds is 26. The van der Waals surface area contributed by atoms with Crippen molar-refractivity contribution in [1.82, 2.24) is 61.1 Å². The molecular formula is C69H96F3N15O8S. The maximum atomic E-state index is 15.8. The molecule has 27 heteroatoms. The molecule has 522 valence electrons. The number of fused-ring (bicyclic) bond motifs is 1. The number of piperidine rings is 2. The van der Waals surface area contributed by atoms with E-state index in [0.717, 1.165) is 87.0 Å². The fourth-order valence-electron chi connectivity index (χ4n) is 14.4. The number of carbonyl (C=O) groups excluding carboxylic acids is 6. The van der Waals surface area contributed by atoms with Crippen LogP contribution in [0, 0.1) is 41.2 Å². The van der Waals surface area contributed by atoms with Gasteiger partial charge in [-0.1, -0.05) is 46.8 Å². The number of aromatic nitrogens is 3. The highest BCUT2D eigenvalue weighted by Gasteiger charge is 2.54. The van der Waals surface area contributed by atoms with Crippen molar-refractivity contribution in [2.75, 3.05) is 126 Å². The fourth-order valence-corrected chi connectivity index (χ4v) is 15.2. The van der Waals surface area contributed by atoms with Crippen LogP contribution in [0.4, 0.5) is 30.5 Å². The molecule has 0 unspecified atom stereocenters. The van der Waals surface area contributed by atoms with E-state index < -0.39 is 64.2 Å². The van der Waals surface area contributed by atoms with Gasteiger partial charge in [0.1, 0.15) is 47.4 Å². The summed E-state index contributed by atoms with van der Waals surface area (Å²) in [6.07, 6.45) is 5.79. The van der Waals surface area contributed by atoms with Gasteiger partial charge >= 0.3 is 0 Å². The maximum absolute atomic E-state index is 15.8. The monoisotopic (exact) mass is 1350 g/mol. The number of alkyl halides is 1. The number of hydrogen-bond acceptors (Lipinski definition) is 18. The zero-order chi connectivity index (χ0) is 68.1. The molecule has 7 aliphatic rings. The third-order valence-corrected chi connectivity index (χ3v) is 21.5. The summed E-state index contributed by atoms with van der Waals surface area (Å²) in [5.41, 5.74) is 1.29. The molecule has 1 saturated carbocycles. The molecule has 1 spiro atoms. The molecule has 8 heterocycles. The van der Waals surface area contributed by atoms with Crippen molar-refractivity contribution < 1.29 is 51.8 Å². The summed E-state index contributed by atoms with van der Waals surface area (Å²) < 4.78 is 52.2. The first kappa shape index (κ1) is 70.1. The van der Waals surface area contributed by atoms with Crippen LogP contribution in [0.1, 0.15) is 116 Å². The Kier molecular flexibility index (Phi) is 21.8. The lowest BCUT2D eigenvalue weighted by Gasteiger charge is -2.48. The molecule has 0 bridgehead atoms. The van der Waals surface area contributed by atoms with Crippen LogP contribution in [-0.2, 0) is 41.9 Å². The number of piperazine rings is 1. The summed E-state index contributed by atoms with van der Waals surface area (Å²) in [4.78, 5) is 106. The number of thiazole rings is 1. The zero-order valence-corrected chi connectivity index (χ0v) is 57.2. The molecule has 0 radical (unpaired) electrons. The van der Waals surface area contributed by atoms with Crippen molar-refractivity contribution in [1.29, 1.82) is 0 Å². The molecule has 7 N–H and O–H groups in total. The quantitative estimate of drug-likeness (QED) is 0.0401. The Labute approximate surface area is 564 Å². The minimum Gasteiger partial charge on any atom is -0.483 e. The number of benzene rings is 2. The van der Waals surface area contributed by atoms with E-state index >= 15 is 8.78 Å². The summed E-state index contributed by atoms with van der Waals surface area (Å²) in [5.74, 6) is -0.567. The lowest BCUT2D eigenvalue weighted by atomic mass is 9.82. The molecule has 2 aromatic heterocycles. The second kappa shape index (κ2) is 29.9. The largest absolute Gasteiger partial charge is 0.483 e. The van der Waals surface area contributed by atoms with Crippen molar-refractivity contribution in [2.24, 2.45) is 22.7 Å². The number of likely N-dealkylation sites (tertiary alicyclic amines) is 4. The van der Waals surface area contributed by atoms with Gasteiger partial charge in [-0.15, -0.1) is 11.3 Å². The first-order valence-electron chi connectivity index (χ1n) is 34.3. The van der Waals surface area contributed by atoms with Gasteiger partial charge in [-0.25, -0.2) is 28.1 Å². The maximum Gasteiger partial charge on any atom is 0.258 e. The summed E-state index contributed by atoms with van der Waals surface area (Å²) in [6, 6.07) is 7.81. The number of amides is 6. The molecule has 6 aliphatic heterocycles. The minimum absolute atomic E-state index is 0.0131. The van der Waals surface area contributed by atoms with Gasteiger partial charge in [-0.3, -0.25) is 33.7 Å². The van der Waals surface area contributed by atoms with Crippen LogP contribution in [0.15, 0.2) is 48.2 Å². The number of halogens is 3. The van der Waals surface area contributed by atoms with Gasteiger partial charge in [-0.2, -0.15) is 0 Å². The van der Waals surface area contributed by atoms with Gasteiger partial charge in [0, 0.05) is 128 Å². The van der Waals surface area contributed by atoms with Crippen LogP contribution in [0.2, 0.25) is 0 Å². The van der Waals surface area contributed by atoms with Gasteiger partial charge in [0.2, 0.25) is 23.6 Å². The van der Waals surface area contributed by atoms with Gasteiger partial charge in [0.15, 0.2) is 12.3 Å². The Morgan fingerprint density at radius 2 is 1.50 bits per heavy atom. The zero-order valence-electron chi connectivity index (χ0n) is 56.4. The lowest BCUT2D eigenvalue weighted by molar-refractivity contribution is -0.145. The SMILES string of the molecule is Cc1ncsc1-c1ccc(CNC(=O)[C@@H]2C[C@@H](O)CN2C(=O)[C@@H](NC(=O)C2(F)CC2)C(C)(C)C)c(OCC(=O)NCCCN2C[C@@H]3CN(CCC(=O)NCCCNc4cc(N5CCC6(CC5)CN(c5cc(F)c(CN7CCC(C)(C)CC7)cc5F)CC(=O)N6)ncn4)C[C@@H]3C2)c1. The molecule has 23 nitrogen and oxygen atoms in total. The third-order valence-electron chi connectivity index (χ3n) is 20.5. The number of hydrogen-bond donors (Lipinski definition) is 7. The normalized spacial score (nSPS) is 22.7. The lowest BCUT2D eigenvalue weighted by Crippen LogP contribution is -2.66. The van der Waals surface area contributed by atoms with Crippen molar-refractivity contribution in [3.8, 4) is 16.2 Å². The highest BCUT2D eigenvalue weighted by molar-refractivity contribution is 7.13. The van der Waals surface area contributed by atoms with E-state index in [4.69, 9.17) is 4.74 Å². The highest BCUT2D eigenvalue weighted by atomic mass is 32.1. The van der Waals surface area contributed by atoms with E-state index in [0.29, 0.717) is 113 Å². The number of anilines is 3. The standard InChI is InChI=1S/C69H96F3N15O8S/c1-44-61(96-43-79-44)45-9-10-46(32-76-63(92)54-29-50(88)38-87(54)64(93)62(66(2,3)4)80-65(94)69(72)12-13-69)55(28-45)95-40-60(91)75-20-8-21-83-34-48-36-84(37-49(48)35-83)22-11-58(89)74-19-7-18-73-56-31-57(78-42-77-56)85-25-16-68(17-26-85)41-86(39-59(90)81-68)53-30-51(70)47(27-52(53)71)33-82-23-14-67(5,6)15-24-82/h9-10,27-28,30-31,42-43,48-50,54,62,88H,7-8,11-26,29,32-41H2,1-6H3,(H,74,89)(H,75,91)(H,76,92)(H,80,94)(H,81,90)(H,73,77,78)/t48-,49+,50-,54+,62-/m1/s1. The van der Waals surface area contributed by atoms with E-state index in [1.807, 2.05) is 31.2 Å². The number of aliphatic hydroxyl groups is 1. The Hall–Kier alpha value is -7.20. The van der Waals surface area contributed by atoms with E-state index in [9.17, 15) is 38.3 Å². The van der Waals surface area contributed by atoms with E-state index in [1.165, 1.54) is 34.7 Å². The van der Waals surface area contributed by atoms with Crippen LogP contribution in [0.3, 0.4) is 0 Å². The average Bonchev–Trinajstić information content (AvgIpc) is 1.55. The number of carbonyl (C=O) groups is 6. The molecule has 2 aromatic carbocycles.